The molecule has 4 unspecified atom stereocenters. The van der Waals surface area contributed by atoms with E-state index in [1.54, 1.807) is 41.1 Å². The third kappa shape index (κ3) is 14.3. The topological polar surface area (TPSA) is 213 Å². The SMILES string of the molecule is CC(NC(=O)C1CCCCN1C(=O)C1CCCN1C(=O)CCOC=O)C(=O)N1C[C@H](C)CC1C.Cc1ccccc1.NC(=O)CNC(=O)Nc1ccccn1. The second-order valence-corrected chi connectivity index (χ2v) is 14.1. The zero-order chi connectivity index (χ0) is 40.3. The average molecular weight is 765 g/mol. The monoisotopic (exact) mass is 764 g/mol. The van der Waals surface area contributed by atoms with E-state index in [1.165, 1.54) is 5.56 Å². The van der Waals surface area contributed by atoms with Crippen LogP contribution in [0.2, 0.25) is 0 Å². The van der Waals surface area contributed by atoms with Gasteiger partial charge in [0, 0.05) is 31.9 Å². The van der Waals surface area contributed by atoms with E-state index in [2.05, 4.69) is 51.7 Å². The number of hydrogen-bond acceptors (Lipinski definition) is 9. The van der Waals surface area contributed by atoms with Gasteiger partial charge in [0.1, 0.15) is 23.9 Å². The lowest BCUT2D eigenvalue weighted by molar-refractivity contribution is -0.150. The number of benzene rings is 1. The third-order valence-corrected chi connectivity index (χ3v) is 9.51. The standard InChI is InChI=1S/C24H38N4O6.C8H10N4O2.C7H8/c1-16-13-17(2)28(14-16)23(32)18(3)25-22(31)19-7-4-5-10-27(19)24(33)20-8-6-11-26(20)21(30)9-12-34-15-29;9-6(13)5-11-8(14)12-7-3-1-2-4-10-7;1-7-5-3-2-4-6-7/h15-20H,4-14H2,1-3H3,(H,25,31);1-4H,5H2,(H2,9,13)(H2,10,11,12,14);2-6H,1H3/t16-,17?,18?,19?,20?;;/m1../s1. The Balaban J connectivity index is 0.000000314. The average Bonchev–Trinajstić information content (AvgIpc) is 3.80. The Morgan fingerprint density at radius 1 is 0.927 bits per heavy atom. The first-order valence-electron chi connectivity index (χ1n) is 18.8. The number of likely N-dealkylation sites (tertiary alicyclic amines) is 3. The molecule has 0 aliphatic carbocycles. The number of carbonyl (C=O) groups is 7. The zero-order valence-corrected chi connectivity index (χ0v) is 32.3. The Hall–Kier alpha value is -5.54. The van der Waals surface area contributed by atoms with E-state index in [9.17, 15) is 33.6 Å². The summed E-state index contributed by atoms with van der Waals surface area (Å²) in [5.41, 5.74) is 6.16. The summed E-state index contributed by atoms with van der Waals surface area (Å²) in [6.07, 6.45) is 5.92. The lowest BCUT2D eigenvalue weighted by Gasteiger charge is -2.38. The molecule has 7 amide bonds. The van der Waals surface area contributed by atoms with E-state index in [1.807, 2.05) is 30.0 Å². The molecule has 4 heterocycles. The van der Waals surface area contributed by atoms with Gasteiger partial charge in [-0.15, -0.1) is 0 Å². The fraction of sp³-hybridized carbons (Fsp3) is 0.538. The van der Waals surface area contributed by atoms with E-state index in [-0.39, 0.29) is 49.2 Å². The fourth-order valence-corrected chi connectivity index (χ4v) is 6.85. The number of nitrogens with zero attached hydrogens (tertiary/aromatic N) is 4. The quantitative estimate of drug-likeness (QED) is 0.195. The summed E-state index contributed by atoms with van der Waals surface area (Å²) in [5.74, 6) is -0.606. The first-order valence-corrected chi connectivity index (χ1v) is 18.8. The number of nitrogens with one attached hydrogen (secondary N) is 3. The second-order valence-electron chi connectivity index (χ2n) is 14.1. The van der Waals surface area contributed by atoms with Gasteiger partial charge in [-0.1, -0.05) is 48.9 Å². The van der Waals surface area contributed by atoms with Crippen molar-refractivity contribution in [3.05, 3.63) is 60.3 Å². The number of amides is 7. The highest BCUT2D eigenvalue weighted by Crippen LogP contribution is 2.26. The molecule has 1 aromatic heterocycles. The van der Waals surface area contributed by atoms with Crippen LogP contribution < -0.4 is 21.7 Å². The molecule has 3 aliphatic heterocycles. The molecule has 5 atom stereocenters. The molecular weight excluding hydrogens is 708 g/mol. The van der Waals surface area contributed by atoms with Crippen LogP contribution in [0, 0.1) is 12.8 Å². The van der Waals surface area contributed by atoms with Gasteiger partial charge in [0.25, 0.3) is 6.47 Å². The van der Waals surface area contributed by atoms with Crippen LogP contribution in [0.1, 0.15) is 71.3 Å². The van der Waals surface area contributed by atoms with Gasteiger partial charge in [0.05, 0.1) is 19.6 Å². The largest absolute Gasteiger partial charge is 0.467 e. The maximum atomic E-state index is 13.5. The Morgan fingerprint density at radius 2 is 1.62 bits per heavy atom. The molecule has 1 aromatic carbocycles. The lowest BCUT2D eigenvalue weighted by Crippen LogP contribution is -2.59. The Bertz CT molecular complexity index is 1580. The number of ether oxygens (including phenoxy) is 1. The van der Waals surface area contributed by atoms with E-state index in [0.29, 0.717) is 57.1 Å². The number of pyridine rings is 1. The number of piperidine rings is 1. The molecular formula is C39H56N8O8. The Labute approximate surface area is 322 Å². The normalized spacial score (nSPS) is 20.7. The first-order chi connectivity index (χ1) is 26.3. The summed E-state index contributed by atoms with van der Waals surface area (Å²) in [6, 6.07) is 13.1. The highest BCUT2D eigenvalue weighted by Gasteiger charge is 2.42. The Morgan fingerprint density at radius 3 is 2.22 bits per heavy atom. The summed E-state index contributed by atoms with van der Waals surface area (Å²) in [6.45, 7) is 9.62. The number of primary amides is 1. The van der Waals surface area contributed by atoms with Crippen molar-refractivity contribution in [2.75, 3.05) is 38.1 Å². The van der Waals surface area contributed by atoms with Crippen molar-refractivity contribution in [2.24, 2.45) is 11.7 Å². The minimum atomic E-state index is -0.665. The van der Waals surface area contributed by atoms with Crippen molar-refractivity contribution >= 4 is 47.9 Å². The number of aromatic nitrogens is 1. The number of aryl methyl sites for hydroxylation is 1. The van der Waals surface area contributed by atoms with Crippen molar-refractivity contribution in [1.82, 2.24) is 30.3 Å². The van der Waals surface area contributed by atoms with Crippen LogP contribution in [0.4, 0.5) is 10.6 Å². The molecule has 3 aliphatic rings. The van der Waals surface area contributed by atoms with Crippen molar-refractivity contribution in [1.29, 1.82) is 0 Å². The first kappa shape index (κ1) is 43.9. The minimum absolute atomic E-state index is 0.0190. The predicted molar refractivity (Wildman–Crippen MR) is 205 cm³/mol. The molecule has 3 fully saturated rings. The number of carbonyl (C=O) groups excluding carboxylic acids is 7. The van der Waals surface area contributed by atoms with Crippen LogP contribution in [-0.2, 0) is 33.5 Å². The summed E-state index contributed by atoms with van der Waals surface area (Å²) in [7, 11) is 0. The highest BCUT2D eigenvalue weighted by atomic mass is 16.5. The van der Waals surface area contributed by atoms with Gasteiger partial charge in [-0.25, -0.2) is 9.78 Å². The van der Waals surface area contributed by atoms with Gasteiger partial charge < -0.3 is 35.8 Å². The highest BCUT2D eigenvalue weighted by molar-refractivity contribution is 5.95. The van der Waals surface area contributed by atoms with Gasteiger partial charge in [0.15, 0.2) is 0 Å². The van der Waals surface area contributed by atoms with E-state index in [4.69, 9.17) is 5.73 Å². The van der Waals surface area contributed by atoms with E-state index < -0.39 is 30.1 Å². The van der Waals surface area contributed by atoms with E-state index in [0.717, 1.165) is 19.3 Å². The smallest absolute Gasteiger partial charge is 0.320 e. The van der Waals surface area contributed by atoms with Gasteiger partial charge >= 0.3 is 6.03 Å². The van der Waals surface area contributed by atoms with E-state index >= 15 is 0 Å². The number of hydrogen-bond donors (Lipinski definition) is 4. The predicted octanol–water partition coefficient (Wildman–Crippen LogP) is 2.37. The van der Waals surface area contributed by atoms with Gasteiger partial charge in [-0.05, 0) is 77.3 Å². The number of nitrogens with two attached hydrogens (primary N) is 1. The van der Waals surface area contributed by atoms with Crippen LogP contribution >= 0.6 is 0 Å². The maximum Gasteiger partial charge on any atom is 0.320 e. The van der Waals surface area contributed by atoms with Gasteiger partial charge in [-0.2, -0.15) is 0 Å². The number of urea groups is 1. The lowest BCUT2D eigenvalue weighted by atomic mass is 9.99. The van der Waals surface area contributed by atoms with Crippen molar-refractivity contribution in [2.45, 2.75) is 96.8 Å². The van der Waals surface area contributed by atoms with Crippen LogP contribution in [0.5, 0.6) is 0 Å². The molecule has 0 radical (unpaired) electrons. The van der Waals surface area contributed by atoms with Crippen molar-refractivity contribution < 1.29 is 38.3 Å². The Kier molecular flexibility index (Phi) is 18.0. The molecule has 0 spiro atoms. The van der Waals surface area contributed by atoms with Crippen LogP contribution in [0.3, 0.4) is 0 Å². The van der Waals surface area contributed by atoms with Crippen LogP contribution in [0.15, 0.2) is 54.7 Å². The second kappa shape index (κ2) is 22.6. The molecule has 5 rings (SSSR count). The molecule has 5 N–H and O–H groups in total. The summed E-state index contributed by atoms with van der Waals surface area (Å²) in [4.78, 5) is 92.7. The minimum Gasteiger partial charge on any atom is -0.467 e. The maximum absolute atomic E-state index is 13.5. The van der Waals surface area contributed by atoms with Crippen LogP contribution in [0.25, 0.3) is 0 Å². The van der Waals surface area contributed by atoms with Crippen molar-refractivity contribution in [3.63, 3.8) is 0 Å². The molecule has 2 aromatic rings. The summed E-state index contributed by atoms with van der Waals surface area (Å²) < 4.78 is 4.62. The van der Waals surface area contributed by atoms with Gasteiger partial charge in [-0.3, -0.25) is 34.1 Å². The summed E-state index contributed by atoms with van der Waals surface area (Å²) in [5, 5.41) is 7.55. The molecule has 3 saturated heterocycles. The number of rotatable bonds is 11. The molecule has 55 heavy (non-hydrogen) atoms. The molecule has 16 nitrogen and oxygen atoms in total. The molecule has 0 saturated carbocycles. The fourth-order valence-electron chi connectivity index (χ4n) is 6.85. The van der Waals surface area contributed by atoms with Crippen molar-refractivity contribution in [3.8, 4) is 0 Å². The van der Waals surface area contributed by atoms with Gasteiger partial charge in [0.2, 0.25) is 29.5 Å². The number of anilines is 1. The van der Waals surface area contributed by atoms with Crippen LogP contribution in [-0.4, -0.2) is 119 Å². The molecule has 300 valence electrons. The third-order valence-electron chi connectivity index (χ3n) is 9.51. The summed E-state index contributed by atoms with van der Waals surface area (Å²) >= 11 is 0. The zero-order valence-electron chi connectivity index (χ0n) is 32.3. The molecule has 16 heteroatoms. The molecule has 0 bridgehead atoms.